The maximum atomic E-state index is 15.2. The van der Waals surface area contributed by atoms with Crippen molar-refractivity contribution in [1.29, 1.82) is 0 Å². The van der Waals surface area contributed by atoms with E-state index >= 15 is 4.79 Å². The van der Waals surface area contributed by atoms with Crippen molar-refractivity contribution in [3.63, 3.8) is 0 Å². The van der Waals surface area contributed by atoms with Crippen LogP contribution >= 0.6 is 15.9 Å². The van der Waals surface area contributed by atoms with Crippen molar-refractivity contribution in [2.24, 2.45) is 11.8 Å². The minimum absolute atomic E-state index is 0.198. The van der Waals surface area contributed by atoms with Crippen LogP contribution < -0.4 is 5.32 Å². The second-order valence-electron chi connectivity index (χ2n) is 13.9. The van der Waals surface area contributed by atoms with Gasteiger partial charge in [0.25, 0.3) is 0 Å². The molecule has 1 spiro atoms. The number of aliphatic hydroxyl groups excluding tert-OH is 1. The first kappa shape index (κ1) is 35.8. The zero-order chi connectivity index (χ0) is 36.4. The number of hydrogen-bond acceptors (Lipinski definition) is 7. The van der Waals surface area contributed by atoms with Gasteiger partial charge in [-0.05, 0) is 42.5 Å². The smallest absolute Gasteiger partial charge is 0.313 e. The zero-order valence-electron chi connectivity index (χ0n) is 28.8. The highest BCUT2D eigenvalue weighted by Crippen LogP contribution is 2.59. The number of halogens is 1. The van der Waals surface area contributed by atoms with Crippen LogP contribution in [0.3, 0.4) is 0 Å². The number of allylic oxidation sites excluding steroid dienone is 1. The maximum Gasteiger partial charge on any atom is 0.313 e. The van der Waals surface area contributed by atoms with Gasteiger partial charge in [-0.25, -0.2) is 0 Å². The van der Waals surface area contributed by atoms with Crippen LogP contribution in [-0.4, -0.2) is 81.6 Å². The summed E-state index contributed by atoms with van der Waals surface area (Å²) in [6, 6.07) is 25.6. The van der Waals surface area contributed by atoms with Crippen molar-refractivity contribution in [1.82, 2.24) is 15.1 Å². The Morgan fingerprint density at radius 3 is 2.21 bits per heavy atom. The van der Waals surface area contributed by atoms with E-state index in [4.69, 9.17) is 9.47 Å². The first-order chi connectivity index (χ1) is 25.2. The second kappa shape index (κ2) is 15.2. The number of nitrogens with zero attached hydrogens (tertiary/aromatic N) is 2. The Balaban J connectivity index is 1.35. The molecule has 3 aromatic rings. The van der Waals surface area contributed by atoms with Gasteiger partial charge in [0, 0.05) is 24.0 Å². The molecule has 11 heteroatoms. The Bertz CT molecular complexity index is 1860. The molecule has 3 amide bonds. The Morgan fingerprint density at radius 1 is 0.885 bits per heavy atom. The number of ether oxygens (including phenoxy) is 2. The summed E-state index contributed by atoms with van der Waals surface area (Å²) in [5.74, 6) is -3.91. The normalized spacial score (nSPS) is 30.4. The molecule has 4 aliphatic heterocycles. The molecule has 7 rings (SSSR count). The molecule has 3 aromatic carbocycles. The third kappa shape index (κ3) is 6.73. The summed E-state index contributed by atoms with van der Waals surface area (Å²) in [6.07, 6.45) is 4.67. The number of carbonyl (C=O) groups excluding carboxylic acids is 4. The van der Waals surface area contributed by atoms with Gasteiger partial charge in [0.05, 0.1) is 24.6 Å². The summed E-state index contributed by atoms with van der Waals surface area (Å²) >= 11 is 3.63. The molecule has 4 heterocycles. The van der Waals surface area contributed by atoms with Gasteiger partial charge < -0.3 is 29.7 Å². The summed E-state index contributed by atoms with van der Waals surface area (Å²) in [6.45, 7) is 1.81. The average Bonchev–Trinajstić information content (AvgIpc) is 3.75. The number of carbonyl (C=O) groups is 4. The molecule has 2 N–H and O–H groups in total. The van der Waals surface area contributed by atoms with E-state index in [1.807, 2.05) is 103 Å². The fourth-order valence-corrected chi connectivity index (χ4v) is 8.92. The summed E-state index contributed by atoms with van der Waals surface area (Å²) in [5.41, 5.74) is 0.939. The highest BCUT2D eigenvalue weighted by Gasteiger charge is 2.75. The first-order valence-electron chi connectivity index (χ1n) is 17.8. The van der Waals surface area contributed by atoms with Gasteiger partial charge >= 0.3 is 5.97 Å². The highest BCUT2D eigenvalue weighted by molar-refractivity contribution is 9.11. The fraction of sp³-hybridized carbons (Fsp3) is 0.366. The van der Waals surface area contributed by atoms with Gasteiger partial charge in [0.2, 0.25) is 17.7 Å². The number of amides is 3. The third-order valence-electron chi connectivity index (χ3n) is 10.6. The highest BCUT2D eigenvalue weighted by atomic mass is 79.9. The number of aliphatic hydroxyl groups is 1. The molecule has 0 unspecified atom stereocenters. The Labute approximate surface area is 311 Å². The lowest BCUT2D eigenvalue weighted by Crippen LogP contribution is -2.58. The van der Waals surface area contributed by atoms with E-state index in [1.165, 1.54) is 4.90 Å². The monoisotopic (exact) mass is 767 g/mol. The number of hydrogen-bond donors (Lipinski definition) is 2. The van der Waals surface area contributed by atoms with E-state index in [1.54, 1.807) is 17.9 Å². The average molecular weight is 769 g/mol. The van der Waals surface area contributed by atoms with E-state index in [-0.39, 0.29) is 37.7 Å². The van der Waals surface area contributed by atoms with Gasteiger partial charge in [-0.2, -0.15) is 0 Å². The quantitative estimate of drug-likeness (QED) is 0.266. The number of benzene rings is 3. The molecule has 0 radical (unpaired) electrons. The molecule has 8 atom stereocenters. The number of rotatable bonds is 7. The summed E-state index contributed by atoms with van der Waals surface area (Å²) in [4.78, 5) is 60.9. The maximum absolute atomic E-state index is 15.2. The molecule has 0 aromatic heterocycles. The Morgan fingerprint density at radius 2 is 1.54 bits per heavy atom. The number of nitrogens with one attached hydrogen (secondary N) is 1. The fourth-order valence-electron chi connectivity index (χ4n) is 8.19. The minimum Gasteiger partial charge on any atom is -0.455 e. The zero-order valence-corrected chi connectivity index (χ0v) is 30.4. The van der Waals surface area contributed by atoms with Crippen LogP contribution in [0, 0.1) is 11.8 Å². The molecular weight excluding hydrogens is 726 g/mol. The lowest BCUT2D eigenvalue weighted by Gasteiger charge is -2.39. The molecule has 10 nitrogen and oxygen atoms in total. The summed E-state index contributed by atoms with van der Waals surface area (Å²) in [7, 11) is 0. The van der Waals surface area contributed by atoms with Crippen LogP contribution in [0.25, 0.3) is 0 Å². The molecule has 0 saturated carbocycles. The lowest BCUT2D eigenvalue weighted by atomic mass is 9.74. The van der Waals surface area contributed by atoms with Crippen molar-refractivity contribution in [3.8, 4) is 0 Å². The molecule has 270 valence electrons. The SMILES string of the molecule is C[C@H]1NC(=O)CC/C=C\CN(Cc2ccccc2)C(=O)[C@@H]2N([C@@H](CO)Cc3ccccc3)C(=O)[C@H]3[C@H](C(=O)O[C@@H]1c1ccccc1)[C@H]1O[C@@]23C=C1Br. The molecule has 0 aliphatic carbocycles. The van der Waals surface area contributed by atoms with Crippen molar-refractivity contribution >= 4 is 39.6 Å². The van der Waals surface area contributed by atoms with Crippen LogP contribution in [-0.2, 0) is 41.6 Å². The van der Waals surface area contributed by atoms with Crippen LogP contribution in [0.15, 0.2) is 114 Å². The number of likely N-dealkylation sites (tertiary alicyclic amines) is 1. The molecule has 2 saturated heterocycles. The van der Waals surface area contributed by atoms with Gasteiger partial charge in [-0.3, -0.25) is 19.2 Å². The van der Waals surface area contributed by atoms with Gasteiger partial charge in [-0.1, -0.05) is 119 Å². The van der Waals surface area contributed by atoms with E-state index in [9.17, 15) is 19.5 Å². The summed E-state index contributed by atoms with van der Waals surface area (Å²) < 4.78 is 13.5. The molecular formula is C41H42BrN3O7. The number of cyclic esters (lactones) is 1. The van der Waals surface area contributed by atoms with Gasteiger partial charge in [0.1, 0.15) is 29.8 Å². The molecule has 2 fully saturated rings. The predicted molar refractivity (Wildman–Crippen MR) is 196 cm³/mol. The first-order valence-corrected chi connectivity index (χ1v) is 18.6. The summed E-state index contributed by atoms with van der Waals surface area (Å²) in [5, 5.41) is 13.9. The largest absolute Gasteiger partial charge is 0.455 e. The van der Waals surface area contributed by atoms with Crippen molar-refractivity contribution in [2.45, 2.75) is 68.7 Å². The second-order valence-corrected chi connectivity index (χ2v) is 14.9. The van der Waals surface area contributed by atoms with Crippen molar-refractivity contribution in [2.75, 3.05) is 13.2 Å². The van der Waals surface area contributed by atoms with E-state index in [0.717, 1.165) is 11.1 Å². The molecule has 5 bridgehead atoms. The standard InChI is InChI=1S/C41H42BrN3O7/c1-26-35(29-18-10-4-11-19-29)51-40(50)33-34-38(48)45(30(25-46)22-27-14-6-2-7-15-27)37(41(34)23-31(42)36(33)52-41)39(49)44(24-28-16-8-3-9-17-28)21-13-5-12-20-32(47)43-26/h2-11,13-19,23,26,30,33-37,46H,12,20-22,24-25H2,1H3,(H,43,47)/b13-5-/t26-,30-,33+,34-,35+,36+,37+,41-/m1/s1. The predicted octanol–water partition coefficient (Wildman–Crippen LogP) is 4.63. The van der Waals surface area contributed by atoms with E-state index < -0.39 is 66.3 Å². The third-order valence-corrected chi connectivity index (χ3v) is 11.2. The van der Waals surface area contributed by atoms with Crippen LogP contribution in [0.2, 0.25) is 0 Å². The van der Waals surface area contributed by atoms with Crippen LogP contribution in [0.1, 0.15) is 42.6 Å². The van der Waals surface area contributed by atoms with Gasteiger partial charge in [0.15, 0.2) is 0 Å². The topological polar surface area (TPSA) is 125 Å². The van der Waals surface area contributed by atoms with Gasteiger partial charge in [-0.15, -0.1) is 0 Å². The molecule has 52 heavy (non-hydrogen) atoms. The van der Waals surface area contributed by atoms with Crippen molar-refractivity contribution < 1.29 is 33.8 Å². The minimum atomic E-state index is -1.51. The Kier molecular flexibility index (Phi) is 10.5. The van der Waals surface area contributed by atoms with E-state index in [0.29, 0.717) is 16.5 Å². The van der Waals surface area contributed by atoms with Crippen molar-refractivity contribution in [3.05, 3.63) is 130 Å². The van der Waals surface area contributed by atoms with Crippen LogP contribution in [0.5, 0.6) is 0 Å². The molecule has 4 aliphatic rings. The lowest BCUT2D eigenvalue weighted by molar-refractivity contribution is -0.162. The number of esters is 1. The Hall–Kier alpha value is -4.58. The van der Waals surface area contributed by atoms with Crippen LogP contribution in [0.4, 0.5) is 0 Å². The van der Waals surface area contributed by atoms with E-state index in [2.05, 4.69) is 21.2 Å². The number of fused-ring (bicyclic) bond motifs is 2.